The lowest BCUT2D eigenvalue weighted by Crippen LogP contribution is -2.40. The van der Waals surface area contributed by atoms with Crippen LogP contribution in [0.1, 0.15) is 39.2 Å². The molecule has 0 aliphatic carbocycles. The van der Waals surface area contributed by atoms with E-state index in [4.69, 9.17) is 10.5 Å². The molecule has 26 heavy (non-hydrogen) atoms. The number of halogens is 3. The van der Waals surface area contributed by atoms with Crippen molar-refractivity contribution < 1.29 is 22.7 Å². The van der Waals surface area contributed by atoms with Gasteiger partial charge >= 0.3 is 12.3 Å². The number of alkyl halides is 3. The van der Waals surface area contributed by atoms with Crippen molar-refractivity contribution in [1.82, 2.24) is 5.32 Å². The number of hydrogen-bond donors (Lipinski definition) is 2. The lowest BCUT2D eigenvalue weighted by atomic mass is 9.96. The Morgan fingerprint density at radius 3 is 2.38 bits per heavy atom. The van der Waals surface area contributed by atoms with Crippen LogP contribution in [0.15, 0.2) is 18.2 Å². The van der Waals surface area contributed by atoms with Gasteiger partial charge in [-0.25, -0.2) is 4.79 Å². The summed E-state index contributed by atoms with van der Waals surface area (Å²) in [6.45, 7) is 7.29. The molecule has 0 atom stereocenters. The van der Waals surface area contributed by atoms with Crippen LogP contribution < -0.4 is 16.0 Å². The number of amides is 1. The molecule has 1 aromatic rings. The van der Waals surface area contributed by atoms with E-state index < -0.39 is 23.4 Å². The summed E-state index contributed by atoms with van der Waals surface area (Å²) in [5.41, 5.74) is 5.30. The van der Waals surface area contributed by atoms with Gasteiger partial charge in [-0.2, -0.15) is 13.2 Å². The normalized spacial score (nSPS) is 16.5. The summed E-state index contributed by atoms with van der Waals surface area (Å²) in [4.78, 5) is 13.7. The fourth-order valence-corrected chi connectivity index (χ4v) is 2.94. The topological polar surface area (TPSA) is 67.6 Å². The van der Waals surface area contributed by atoms with Gasteiger partial charge in [0.25, 0.3) is 0 Å². The van der Waals surface area contributed by atoms with Crippen molar-refractivity contribution in [1.29, 1.82) is 0 Å². The maximum absolute atomic E-state index is 12.7. The molecule has 2 rings (SSSR count). The molecule has 1 aliphatic rings. The number of alkyl carbamates (subject to hydrolysis) is 1. The minimum atomic E-state index is -4.40. The van der Waals surface area contributed by atoms with Crippen molar-refractivity contribution in [2.75, 3.05) is 30.3 Å². The predicted molar refractivity (Wildman–Crippen MR) is 95.0 cm³/mol. The Hall–Kier alpha value is -2.12. The third-order valence-corrected chi connectivity index (χ3v) is 4.24. The van der Waals surface area contributed by atoms with Crippen LogP contribution >= 0.6 is 0 Å². The second kappa shape index (κ2) is 7.63. The SMILES string of the molecule is CC(C)(C)OC(=O)NCC1CCN(c2ccc(C(F)(F)F)cc2N)CC1. The molecule has 0 bridgehead atoms. The van der Waals surface area contributed by atoms with Crippen molar-refractivity contribution in [2.24, 2.45) is 5.92 Å². The summed E-state index contributed by atoms with van der Waals surface area (Å²) in [7, 11) is 0. The molecule has 0 radical (unpaired) electrons. The molecule has 1 heterocycles. The number of carbonyl (C=O) groups is 1. The second-order valence-electron chi connectivity index (χ2n) is 7.58. The van der Waals surface area contributed by atoms with E-state index in [1.807, 2.05) is 4.90 Å². The fourth-order valence-electron chi connectivity index (χ4n) is 2.94. The summed E-state index contributed by atoms with van der Waals surface area (Å²) in [5.74, 6) is 0.300. The van der Waals surface area contributed by atoms with Crippen LogP contribution in [0.4, 0.5) is 29.3 Å². The fraction of sp³-hybridized carbons (Fsp3) is 0.611. The number of nitrogens with one attached hydrogen (secondary N) is 1. The molecule has 1 amide bonds. The Balaban J connectivity index is 1.86. The van der Waals surface area contributed by atoms with Crippen LogP contribution in [-0.2, 0) is 10.9 Å². The van der Waals surface area contributed by atoms with E-state index in [-0.39, 0.29) is 5.69 Å². The van der Waals surface area contributed by atoms with Crippen molar-refractivity contribution in [3.05, 3.63) is 23.8 Å². The minimum Gasteiger partial charge on any atom is -0.444 e. The number of carbonyl (C=O) groups excluding carboxylic acids is 1. The number of rotatable bonds is 3. The first-order valence-electron chi connectivity index (χ1n) is 8.64. The Kier molecular flexibility index (Phi) is 5.93. The minimum absolute atomic E-state index is 0.130. The van der Waals surface area contributed by atoms with E-state index in [2.05, 4.69) is 5.32 Å². The molecular formula is C18H26F3N3O2. The lowest BCUT2D eigenvalue weighted by molar-refractivity contribution is -0.137. The number of nitrogens with two attached hydrogens (primary N) is 1. The lowest BCUT2D eigenvalue weighted by Gasteiger charge is -2.34. The largest absolute Gasteiger partial charge is 0.444 e. The highest BCUT2D eigenvalue weighted by atomic mass is 19.4. The third-order valence-electron chi connectivity index (χ3n) is 4.24. The van der Waals surface area contributed by atoms with E-state index in [0.29, 0.717) is 31.2 Å². The van der Waals surface area contributed by atoms with Gasteiger partial charge in [0.15, 0.2) is 0 Å². The van der Waals surface area contributed by atoms with E-state index in [1.165, 1.54) is 6.07 Å². The van der Waals surface area contributed by atoms with Crippen LogP contribution in [-0.4, -0.2) is 31.3 Å². The molecule has 1 fully saturated rings. The van der Waals surface area contributed by atoms with E-state index in [9.17, 15) is 18.0 Å². The van der Waals surface area contributed by atoms with Gasteiger partial charge in [-0.15, -0.1) is 0 Å². The number of benzene rings is 1. The summed E-state index contributed by atoms with van der Waals surface area (Å²) in [5, 5.41) is 2.77. The monoisotopic (exact) mass is 373 g/mol. The number of anilines is 2. The van der Waals surface area contributed by atoms with Crippen molar-refractivity contribution in [3.8, 4) is 0 Å². The van der Waals surface area contributed by atoms with E-state index >= 15 is 0 Å². The van der Waals surface area contributed by atoms with Crippen LogP contribution in [0, 0.1) is 5.92 Å². The van der Waals surface area contributed by atoms with Gasteiger partial charge in [-0.1, -0.05) is 0 Å². The van der Waals surface area contributed by atoms with Crippen molar-refractivity contribution >= 4 is 17.5 Å². The summed E-state index contributed by atoms with van der Waals surface area (Å²) < 4.78 is 43.4. The molecule has 146 valence electrons. The Labute approximate surface area is 151 Å². The molecule has 0 aromatic heterocycles. The average molecular weight is 373 g/mol. The highest BCUT2D eigenvalue weighted by Gasteiger charge is 2.31. The molecule has 1 saturated heterocycles. The van der Waals surface area contributed by atoms with Gasteiger partial charge in [0.05, 0.1) is 16.9 Å². The average Bonchev–Trinajstić information content (AvgIpc) is 2.51. The van der Waals surface area contributed by atoms with Gasteiger partial charge < -0.3 is 20.7 Å². The Morgan fingerprint density at radius 2 is 1.88 bits per heavy atom. The van der Waals surface area contributed by atoms with Gasteiger partial charge in [0, 0.05) is 19.6 Å². The number of nitrogen functional groups attached to an aromatic ring is 1. The van der Waals surface area contributed by atoms with Gasteiger partial charge in [0.1, 0.15) is 5.60 Å². The molecule has 1 aliphatic heterocycles. The first kappa shape index (κ1) is 20.2. The zero-order chi connectivity index (χ0) is 19.5. The smallest absolute Gasteiger partial charge is 0.416 e. The Bertz CT molecular complexity index is 634. The van der Waals surface area contributed by atoms with E-state index in [0.717, 1.165) is 25.0 Å². The van der Waals surface area contributed by atoms with E-state index in [1.54, 1.807) is 20.8 Å². The third kappa shape index (κ3) is 5.71. The first-order valence-corrected chi connectivity index (χ1v) is 8.64. The number of ether oxygens (including phenoxy) is 1. The zero-order valence-electron chi connectivity index (χ0n) is 15.3. The summed E-state index contributed by atoms with van der Waals surface area (Å²) in [6.07, 6.45) is -3.20. The molecule has 1 aromatic carbocycles. The summed E-state index contributed by atoms with van der Waals surface area (Å²) in [6, 6.07) is 3.46. The Morgan fingerprint density at radius 1 is 1.27 bits per heavy atom. The second-order valence-corrected chi connectivity index (χ2v) is 7.58. The highest BCUT2D eigenvalue weighted by molar-refractivity contribution is 5.69. The van der Waals surface area contributed by atoms with Crippen molar-refractivity contribution in [3.63, 3.8) is 0 Å². The maximum Gasteiger partial charge on any atom is 0.416 e. The zero-order valence-corrected chi connectivity index (χ0v) is 15.3. The predicted octanol–water partition coefficient (Wildman–Crippen LogP) is 4.03. The quantitative estimate of drug-likeness (QED) is 0.785. The highest BCUT2D eigenvalue weighted by Crippen LogP contribution is 2.35. The van der Waals surface area contributed by atoms with Crippen LogP contribution in [0.5, 0.6) is 0 Å². The van der Waals surface area contributed by atoms with Crippen LogP contribution in [0.2, 0.25) is 0 Å². The standard InChI is InChI=1S/C18H26F3N3O2/c1-17(2,3)26-16(25)23-11-12-6-8-24(9-7-12)15-5-4-13(10-14(15)22)18(19,20)21/h4-5,10,12H,6-9,11,22H2,1-3H3,(H,23,25). The summed E-state index contributed by atoms with van der Waals surface area (Å²) >= 11 is 0. The number of piperidine rings is 1. The maximum atomic E-state index is 12.7. The van der Waals surface area contributed by atoms with Crippen LogP contribution in [0.25, 0.3) is 0 Å². The van der Waals surface area contributed by atoms with Gasteiger partial charge in [-0.05, 0) is 57.7 Å². The molecule has 0 unspecified atom stereocenters. The van der Waals surface area contributed by atoms with Crippen molar-refractivity contribution in [2.45, 2.75) is 45.4 Å². The molecule has 0 spiro atoms. The molecule has 8 heteroatoms. The van der Waals surface area contributed by atoms with Gasteiger partial charge in [0.2, 0.25) is 0 Å². The molecular weight excluding hydrogens is 347 g/mol. The first-order chi connectivity index (χ1) is 12.0. The number of nitrogens with zero attached hydrogens (tertiary/aromatic N) is 1. The molecule has 3 N–H and O–H groups in total. The molecule has 0 saturated carbocycles. The number of hydrogen-bond acceptors (Lipinski definition) is 4. The van der Waals surface area contributed by atoms with Gasteiger partial charge in [-0.3, -0.25) is 0 Å². The van der Waals surface area contributed by atoms with Crippen LogP contribution in [0.3, 0.4) is 0 Å². The molecule has 5 nitrogen and oxygen atoms in total.